The smallest absolute Gasteiger partial charge is 0.243 e. The van der Waals surface area contributed by atoms with Crippen molar-refractivity contribution in [1.29, 1.82) is 0 Å². The molecule has 4 saturated heterocycles. The molecule has 2 aromatic carbocycles. The van der Waals surface area contributed by atoms with E-state index in [1.54, 1.807) is 0 Å². The van der Waals surface area contributed by atoms with Gasteiger partial charge in [-0.15, -0.1) is 0 Å². The lowest BCUT2D eigenvalue weighted by Gasteiger charge is -2.31. The van der Waals surface area contributed by atoms with Crippen LogP contribution in [0.3, 0.4) is 0 Å². The molecular weight excluding hydrogens is 556 g/mol. The summed E-state index contributed by atoms with van der Waals surface area (Å²) in [5, 5.41) is 0. The van der Waals surface area contributed by atoms with Gasteiger partial charge in [0.05, 0.1) is 35.2 Å². The van der Waals surface area contributed by atoms with Crippen LogP contribution in [0.4, 0.5) is 0 Å². The number of rotatable bonds is 6. The Kier molecular flexibility index (Phi) is 6.30. The molecule has 4 aliphatic heterocycles. The summed E-state index contributed by atoms with van der Waals surface area (Å²) < 4.78 is 67.3. The zero-order chi connectivity index (χ0) is 27.8. The Hall–Kier alpha value is -2.48. The van der Waals surface area contributed by atoms with Gasteiger partial charge in [0, 0.05) is 48.4 Å². The van der Waals surface area contributed by atoms with Crippen LogP contribution < -0.4 is 0 Å². The van der Waals surface area contributed by atoms with Crippen molar-refractivity contribution in [1.82, 2.24) is 8.61 Å². The first-order chi connectivity index (χ1) is 19.1. The first-order valence-electron chi connectivity index (χ1n) is 13.8. The number of carbonyl (C=O) groups is 2. The third-order valence-corrected chi connectivity index (χ3v) is 12.8. The van der Waals surface area contributed by atoms with Crippen molar-refractivity contribution in [3.8, 4) is 0 Å². The minimum absolute atomic E-state index is 0.0281. The number of epoxide rings is 2. The van der Waals surface area contributed by atoms with Gasteiger partial charge in [-0.2, -0.15) is 8.61 Å². The standard InChI is InChI=1S/C28H30N2O8S2/c31-27-21-3-1-19(39(33,34)29-9-5-17(6-10-29)25-15-37-25)13-23(21)28(32)24-14-20(2-4-22(24)27)40(35,36)30-11-7-18(8-12-30)26-16-38-26/h1-4,13-14,17-18,25-26H,5-12,15-16H2. The first-order valence-corrected chi connectivity index (χ1v) is 16.6. The summed E-state index contributed by atoms with van der Waals surface area (Å²) in [5.41, 5.74) is 0.168. The molecule has 0 radical (unpaired) electrons. The van der Waals surface area contributed by atoms with E-state index >= 15 is 0 Å². The Morgan fingerprint density at radius 1 is 0.575 bits per heavy atom. The quantitative estimate of drug-likeness (QED) is 0.401. The van der Waals surface area contributed by atoms with E-state index in [1.807, 2.05) is 0 Å². The van der Waals surface area contributed by atoms with Gasteiger partial charge in [-0.3, -0.25) is 9.59 Å². The van der Waals surface area contributed by atoms with Crippen molar-refractivity contribution in [3.05, 3.63) is 58.7 Å². The van der Waals surface area contributed by atoms with E-state index in [4.69, 9.17) is 9.47 Å². The highest BCUT2D eigenvalue weighted by atomic mass is 32.2. The minimum atomic E-state index is -3.88. The predicted molar refractivity (Wildman–Crippen MR) is 142 cm³/mol. The Morgan fingerprint density at radius 2 is 0.925 bits per heavy atom. The van der Waals surface area contributed by atoms with Crippen molar-refractivity contribution in [3.63, 3.8) is 0 Å². The molecule has 0 amide bonds. The van der Waals surface area contributed by atoms with E-state index in [2.05, 4.69) is 0 Å². The second-order valence-electron chi connectivity index (χ2n) is 11.3. The molecular formula is C28H30N2O8S2. The van der Waals surface area contributed by atoms with Crippen LogP contribution >= 0.6 is 0 Å². The molecule has 0 spiro atoms. The third-order valence-electron chi connectivity index (χ3n) is 9.00. The lowest BCUT2D eigenvalue weighted by atomic mass is 9.84. The number of nitrogens with zero attached hydrogens (tertiary/aromatic N) is 2. The highest BCUT2D eigenvalue weighted by molar-refractivity contribution is 7.89. The second kappa shape index (κ2) is 9.53. The summed E-state index contributed by atoms with van der Waals surface area (Å²) in [7, 11) is -7.75. The Morgan fingerprint density at radius 3 is 1.27 bits per heavy atom. The number of piperidine rings is 2. The molecule has 2 unspecified atom stereocenters. The van der Waals surface area contributed by atoms with Crippen LogP contribution in [0.1, 0.15) is 57.5 Å². The molecule has 5 aliphatic rings. The fourth-order valence-corrected chi connectivity index (χ4v) is 9.35. The van der Waals surface area contributed by atoms with E-state index in [-0.39, 0.29) is 44.3 Å². The number of ether oxygens (including phenoxy) is 2. The van der Waals surface area contributed by atoms with Crippen LogP contribution in [0.2, 0.25) is 0 Å². The monoisotopic (exact) mass is 586 g/mol. The molecule has 0 bridgehead atoms. The van der Waals surface area contributed by atoms with Gasteiger partial charge in [0.25, 0.3) is 0 Å². The number of hydrogen-bond donors (Lipinski definition) is 0. The van der Waals surface area contributed by atoms with Crippen molar-refractivity contribution in [2.75, 3.05) is 39.4 Å². The summed E-state index contributed by atoms with van der Waals surface area (Å²) in [4.78, 5) is 26.8. The summed E-state index contributed by atoms with van der Waals surface area (Å²) in [5.74, 6) is -0.287. The van der Waals surface area contributed by atoms with Gasteiger partial charge in [-0.25, -0.2) is 16.8 Å². The Bertz CT molecular complexity index is 1500. The zero-order valence-electron chi connectivity index (χ0n) is 21.8. The molecule has 40 heavy (non-hydrogen) atoms. The first kappa shape index (κ1) is 26.4. The van der Waals surface area contributed by atoms with Crippen LogP contribution in [0.5, 0.6) is 0 Å². The summed E-state index contributed by atoms with van der Waals surface area (Å²) in [6.45, 7) is 2.93. The molecule has 1 aliphatic carbocycles. The van der Waals surface area contributed by atoms with Gasteiger partial charge < -0.3 is 9.47 Å². The van der Waals surface area contributed by atoms with Crippen molar-refractivity contribution in [2.24, 2.45) is 11.8 Å². The largest absolute Gasteiger partial charge is 0.373 e. The van der Waals surface area contributed by atoms with E-state index in [0.29, 0.717) is 63.7 Å². The molecule has 212 valence electrons. The lowest BCUT2D eigenvalue weighted by Crippen LogP contribution is -2.39. The molecule has 12 heteroatoms. The number of ketones is 2. The SMILES string of the molecule is O=C1c2ccc(S(=O)(=O)N3CCC(C4CO4)CC3)cc2C(=O)c2cc(S(=O)(=O)N3CCC(C4CO4)CC3)ccc21. The minimum Gasteiger partial charge on any atom is -0.373 e. The second-order valence-corrected chi connectivity index (χ2v) is 15.2. The van der Waals surface area contributed by atoms with Gasteiger partial charge in [-0.1, -0.05) is 0 Å². The molecule has 4 heterocycles. The van der Waals surface area contributed by atoms with Crippen molar-refractivity contribution >= 4 is 31.6 Å². The maximum atomic E-state index is 13.6. The Balaban J connectivity index is 1.15. The van der Waals surface area contributed by atoms with E-state index in [9.17, 15) is 26.4 Å². The summed E-state index contributed by atoms with van der Waals surface area (Å²) in [6, 6.07) is 8.03. The number of hydrogen-bond acceptors (Lipinski definition) is 8. The zero-order valence-corrected chi connectivity index (χ0v) is 23.5. The van der Waals surface area contributed by atoms with Gasteiger partial charge >= 0.3 is 0 Å². The molecule has 0 aromatic heterocycles. The molecule has 2 atom stereocenters. The van der Waals surface area contributed by atoms with Crippen LogP contribution in [-0.2, 0) is 29.5 Å². The fourth-order valence-electron chi connectivity index (χ4n) is 6.36. The van der Waals surface area contributed by atoms with Crippen LogP contribution in [-0.4, -0.2) is 88.6 Å². The lowest BCUT2D eigenvalue weighted by molar-refractivity contribution is 0.0978. The highest BCUT2D eigenvalue weighted by Gasteiger charge is 2.40. The highest BCUT2D eigenvalue weighted by Crippen LogP contribution is 2.36. The third kappa shape index (κ3) is 4.45. The predicted octanol–water partition coefficient (Wildman–Crippen LogP) is 2.06. The van der Waals surface area contributed by atoms with Crippen molar-refractivity contribution in [2.45, 2.75) is 47.7 Å². The average Bonchev–Trinajstić information content (AvgIpc) is 3.89. The van der Waals surface area contributed by atoms with Gasteiger partial charge in [0.15, 0.2) is 11.6 Å². The van der Waals surface area contributed by atoms with E-state index in [1.165, 1.54) is 45.0 Å². The van der Waals surface area contributed by atoms with E-state index in [0.717, 1.165) is 13.2 Å². The van der Waals surface area contributed by atoms with Gasteiger partial charge in [0.1, 0.15) is 0 Å². The number of sulfonamides is 2. The van der Waals surface area contributed by atoms with Crippen molar-refractivity contribution < 1.29 is 35.9 Å². The number of carbonyl (C=O) groups excluding carboxylic acids is 2. The van der Waals surface area contributed by atoms with Crippen LogP contribution in [0.15, 0.2) is 46.2 Å². The Labute approximate surface area is 233 Å². The summed E-state index contributed by atoms with van der Waals surface area (Å²) in [6.07, 6.45) is 3.31. The maximum Gasteiger partial charge on any atom is 0.243 e. The van der Waals surface area contributed by atoms with Crippen LogP contribution in [0.25, 0.3) is 0 Å². The molecule has 2 aromatic rings. The normalized spacial score (nSPS) is 26.4. The molecule has 0 N–H and O–H groups in total. The fraction of sp³-hybridized carbons (Fsp3) is 0.500. The maximum absolute atomic E-state index is 13.6. The molecule has 10 nitrogen and oxygen atoms in total. The molecule has 7 rings (SSSR count). The van der Waals surface area contributed by atoms with Gasteiger partial charge in [0.2, 0.25) is 20.0 Å². The molecule has 4 fully saturated rings. The average molecular weight is 587 g/mol. The number of fused-ring (bicyclic) bond motifs is 2. The summed E-state index contributed by atoms with van der Waals surface area (Å²) >= 11 is 0. The van der Waals surface area contributed by atoms with Crippen LogP contribution in [0, 0.1) is 11.8 Å². The topological polar surface area (TPSA) is 134 Å². The van der Waals surface area contributed by atoms with Gasteiger partial charge in [-0.05, 0) is 73.9 Å². The van der Waals surface area contributed by atoms with E-state index < -0.39 is 31.6 Å². The molecule has 0 saturated carbocycles. The number of benzene rings is 2.